The molecule has 0 aliphatic rings. The minimum absolute atomic E-state index is 0.101. The van der Waals surface area contributed by atoms with E-state index in [2.05, 4.69) is 124 Å². The van der Waals surface area contributed by atoms with Gasteiger partial charge in [-0.15, -0.1) is 0 Å². The molecule has 0 fully saturated rings. The fourth-order valence-corrected chi connectivity index (χ4v) is 8.97. The van der Waals surface area contributed by atoms with Crippen molar-refractivity contribution in [1.82, 2.24) is 0 Å². The van der Waals surface area contributed by atoms with E-state index in [0.29, 0.717) is 19.3 Å². The van der Waals surface area contributed by atoms with E-state index in [1.54, 1.807) is 0 Å². The summed E-state index contributed by atoms with van der Waals surface area (Å²) in [6, 6.07) is 0. The number of rotatable bonds is 58. The Balaban J connectivity index is 4.21. The van der Waals surface area contributed by atoms with E-state index in [1.807, 2.05) is 6.08 Å². The van der Waals surface area contributed by atoms with Gasteiger partial charge in [0.15, 0.2) is 6.10 Å². The minimum Gasteiger partial charge on any atom is -0.462 e. The molecule has 6 nitrogen and oxygen atoms in total. The van der Waals surface area contributed by atoms with Crippen LogP contribution in [-0.2, 0) is 28.6 Å². The lowest BCUT2D eigenvalue weighted by Gasteiger charge is -2.18. The van der Waals surface area contributed by atoms with E-state index in [4.69, 9.17) is 14.2 Å². The predicted octanol–water partition coefficient (Wildman–Crippen LogP) is 22.2. The number of ether oxygens (including phenoxy) is 3. The Kier molecular flexibility index (Phi) is 61.3. The zero-order chi connectivity index (χ0) is 55.7. The van der Waals surface area contributed by atoms with Crippen LogP contribution in [0.15, 0.2) is 109 Å². The lowest BCUT2D eigenvalue weighted by molar-refractivity contribution is -0.166. The largest absolute Gasteiger partial charge is 0.462 e. The molecule has 1 unspecified atom stereocenters. The molecule has 0 aromatic rings. The van der Waals surface area contributed by atoms with Crippen LogP contribution in [0.2, 0.25) is 0 Å². The summed E-state index contributed by atoms with van der Waals surface area (Å²) in [5, 5.41) is 0. The summed E-state index contributed by atoms with van der Waals surface area (Å²) >= 11 is 0. The quantitative estimate of drug-likeness (QED) is 0.0261. The molecule has 440 valence electrons. The number of unbranched alkanes of at least 4 members (excludes halogenated alkanes) is 29. The molecule has 77 heavy (non-hydrogen) atoms. The fourth-order valence-electron chi connectivity index (χ4n) is 8.97. The summed E-state index contributed by atoms with van der Waals surface area (Å²) < 4.78 is 16.8. The topological polar surface area (TPSA) is 78.9 Å². The van der Waals surface area contributed by atoms with Gasteiger partial charge in [-0.2, -0.15) is 0 Å². The van der Waals surface area contributed by atoms with Gasteiger partial charge in [-0.25, -0.2) is 0 Å². The summed E-state index contributed by atoms with van der Waals surface area (Å²) in [5.41, 5.74) is 0. The third kappa shape index (κ3) is 62.8. The average molecular weight is 1070 g/mol. The Labute approximate surface area is 476 Å². The maximum Gasteiger partial charge on any atom is 0.306 e. The molecule has 0 aromatic carbocycles. The fraction of sp³-hybridized carbons (Fsp3) is 0.704. The van der Waals surface area contributed by atoms with E-state index in [1.165, 1.54) is 154 Å². The lowest BCUT2D eigenvalue weighted by Crippen LogP contribution is -2.30. The predicted molar refractivity (Wildman–Crippen MR) is 334 cm³/mol. The van der Waals surface area contributed by atoms with Crippen LogP contribution in [0, 0.1) is 0 Å². The third-order valence-corrected chi connectivity index (χ3v) is 13.8. The average Bonchev–Trinajstić information content (AvgIpc) is 3.43. The van der Waals surface area contributed by atoms with Crippen molar-refractivity contribution >= 4 is 17.9 Å². The zero-order valence-corrected chi connectivity index (χ0v) is 50.4. The molecular weight excluding hydrogens is 949 g/mol. The molecule has 0 rings (SSSR count). The molecule has 0 N–H and O–H groups in total. The van der Waals surface area contributed by atoms with Crippen LogP contribution in [0.25, 0.3) is 0 Å². The Hall–Kier alpha value is -3.93. The molecule has 0 bridgehead atoms. The van der Waals surface area contributed by atoms with Gasteiger partial charge in [0.25, 0.3) is 0 Å². The highest BCUT2D eigenvalue weighted by Crippen LogP contribution is 2.16. The molecule has 0 aliphatic carbocycles. The molecule has 1 atom stereocenters. The van der Waals surface area contributed by atoms with Gasteiger partial charge in [-0.3, -0.25) is 14.4 Å². The van der Waals surface area contributed by atoms with Crippen molar-refractivity contribution in [1.29, 1.82) is 0 Å². The Morgan fingerprint density at radius 2 is 0.532 bits per heavy atom. The van der Waals surface area contributed by atoms with Gasteiger partial charge >= 0.3 is 17.9 Å². The highest BCUT2D eigenvalue weighted by atomic mass is 16.6. The van der Waals surface area contributed by atoms with Gasteiger partial charge in [0.05, 0.1) is 0 Å². The summed E-state index contributed by atoms with van der Waals surface area (Å²) in [7, 11) is 0. The van der Waals surface area contributed by atoms with E-state index in [9.17, 15) is 14.4 Å². The van der Waals surface area contributed by atoms with E-state index in [0.717, 1.165) is 103 Å². The minimum atomic E-state index is -0.811. The Morgan fingerprint density at radius 1 is 0.273 bits per heavy atom. The molecule has 0 radical (unpaired) electrons. The van der Waals surface area contributed by atoms with Crippen molar-refractivity contribution in [3.8, 4) is 0 Å². The number of carbonyl (C=O) groups is 3. The van der Waals surface area contributed by atoms with Crippen molar-refractivity contribution in [2.24, 2.45) is 0 Å². The summed E-state index contributed by atoms with van der Waals surface area (Å²) in [6.45, 7) is 6.35. The molecule has 0 heterocycles. The maximum absolute atomic E-state index is 12.9. The maximum atomic E-state index is 12.9. The van der Waals surface area contributed by atoms with Crippen LogP contribution in [-0.4, -0.2) is 37.2 Å². The molecule has 0 aliphatic heterocycles. The first kappa shape index (κ1) is 73.1. The van der Waals surface area contributed by atoms with Crippen molar-refractivity contribution in [2.75, 3.05) is 13.2 Å². The zero-order valence-electron chi connectivity index (χ0n) is 50.4. The number of hydrogen-bond donors (Lipinski definition) is 0. The number of carbonyl (C=O) groups excluding carboxylic acids is 3. The van der Waals surface area contributed by atoms with Crippen LogP contribution < -0.4 is 0 Å². The normalized spacial score (nSPS) is 12.8. The highest BCUT2D eigenvalue weighted by molar-refractivity contribution is 5.71. The number of hydrogen-bond acceptors (Lipinski definition) is 6. The smallest absolute Gasteiger partial charge is 0.306 e. The second-order valence-electron chi connectivity index (χ2n) is 21.3. The van der Waals surface area contributed by atoms with E-state index >= 15 is 0 Å². The standard InChI is InChI=1S/C71H120O6/c1-4-7-10-13-16-19-22-25-27-28-29-30-31-32-33-34-35-36-37-38-39-40-41-42-44-46-49-52-55-58-61-64-70(73)76-67-68(66-75-69(72)63-60-57-54-51-48-45-24-21-18-15-12-9-6-3)77-71(74)65-62-59-56-53-50-47-43-26-23-20-17-14-11-8-5-2/h7,9-10,12,16,18-19,21,25-27,29-30,43,45,48,54,57,68H,4-6,8,11,13-15,17,20,22-24,28,31-42,44,46-47,49-53,55-56,58-67H2,1-3H3/b10-7-,12-9-,19-16-,21-18-,27-25-,30-29-,43-26-,48-45-,57-54-. The van der Waals surface area contributed by atoms with Crippen LogP contribution in [0.4, 0.5) is 0 Å². The van der Waals surface area contributed by atoms with Crippen molar-refractivity contribution in [2.45, 2.75) is 309 Å². The number of esters is 3. The Morgan fingerprint density at radius 3 is 0.883 bits per heavy atom. The van der Waals surface area contributed by atoms with Gasteiger partial charge in [0, 0.05) is 19.3 Å². The molecule has 0 spiro atoms. The summed E-state index contributed by atoms with van der Waals surface area (Å²) in [4.78, 5) is 38.2. The first-order valence-electron chi connectivity index (χ1n) is 32.4. The molecule has 6 heteroatoms. The van der Waals surface area contributed by atoms with Gasteiger partial charge in [-0.05, 0) is 109 Å². The highest BCUT2D eigenvalue weighted by Gasteiger charge is 2.19. The second-order valence-corrected chi connectivity index (χ2v) is 21.3. The molecule has 0 aromatic heterocycles. The van der Waals surface area contributed by atoms with Crippen molar-refractivity contribution in [3.63, 3.8) is 0 Å². The molecule has 0 amide bonds. The van der Waals surface area contributed by atoms with Gasteiger partial charge < -0.3 is 14.2 Å². The SMILES string of the molecule is CC/C=C\C/C=C\C/C=C\C/C=C\CCCCCCCCCCCCCCCCCCCCC(=O)OCC(COC(=O)CC/C=C\C/C=C\C/C=C\C/C=C\CC)OC(=O)CCCCCCC/C=C\CCCCCCCC. The summed E-state index contributed by atoms with van der Waals surface area (Å²) in [6.07, 6.45) is 88.4. The molecule has 0 saturated carbocycles. The monoisotopic (exact) mass is 1070 g/mol. The van der Waals surface area contributed by atoms with Crippen molar-refractivity contribution < 1.29 is 28.6 Å². The molecule has 0 saturated heterocycles. The van der Waals surface area contributed by atoms with Gasteiger partial charge in [0.1, 0.15) is 13.2 Å². The van der Waals surface area contributed by atoms with E-state index in [-0.39, 0.29) is 37.5 Å². The Bertz CT molecular complexity index is 1560. The van der Waals surface area contributed by atoms with Crippen LogP contribution in [0.3, 0.4) is 0 Å². The summed E-state index contributed by atoms with van der Waals surface area (Å²) in [5.74, 6) is -0.987. The third-order valence-electron chi connectivity index (χ3n) is 13.8. The first-order chi connectivity index (χ1) is 38.0. The van der Waals surface area contributed by atoms with E-state index < -0.39 is 6.10 Å². The lowest BCUT2D eigenvalue weighted by atomic mass is 10.0. The van der Waals surface area contributed by atoms with Crippen molar-refractivity contribution in [3.05, 3.63) is 109 Å². The molecular formula is C71H120O6. The van der Waals surface area contributed by atoms with Crippen LogP contribution in [0.1, 0.15) is 303 Å². The first-order valence-corrected chi connectivity index (χ1v) is 32.4. The van der Waals surface area contributed by atoms with Crippen LogP contribution >= 0.6 is 0 Å². The van der Waals surface area contributed by atoms with Gasteiger partial charge in [-0.1, -0.05) is 284 Å². The van der Waals surface area contributed by atoms with Gasteiger partial charge in [0.2, 0.25) is 0 Å². The second kappa shape index (κ2) is 64.6. The number of allylic oxidation sites excluding steroid dienone is 18. The van der Waals surface area contributed by atoms with Crippen LogP contribution in [0.5, 0.6) is 0 Å².